The number of rotatable bonds is 5. The Bertz CT molecular complexity index is 937. The molecule has 0 aliphatic rings. The lowest BCUT2D eigenvalue weighted by Crippen LogP contribution is -2.17. The summed E-state index contributed by atoms with van der Waals surface area (Å²) in [5, 5.41) is 13.5. The van der Waals surface area contributed by atoms with Gasteiger partial charge in [-0.05, 0) is 31.2 Å². The lowest BCUT2D eigenvalue weighted by molar-refractivity contribution is -0.385. The quantitative estimate of drug-likeness (QED) is 0.486. The Morgan fingerprint density at radius 2 is 1.67 bits per heavy atom. The number of methoxy groups -OCH3 is 2. The molecule has 0 fully saturated rings. The highest BCUT2D eigenvalue weighted by molar-refractivity contribution is 6.10. The zero-order valence-electron chi connectivity index (χ0n) is 14.8. The summed E-state index contributed by atoms with van der Waals surface area (Å²) in [4.78, 5) is 46.7. The van der Waals surface area contributed by atoms with E-state index >= 15 is 0 Å². The molecule has 9 heteroatoms. The molecule has 140 valence electrons. The number of nitro groups is 1. The molecule has 0 saturated carbocycles. The van der Waals surface area contributed by atoms with E-state index in [1.165, 1.54) is 57.5 Å². The normalized spacial score (nSPS) is 10.0. The predicted molar refractivity (Wildman–Crippen MR) is 94.9 cm³/mol. The molecule has 2 rings (SSSR count). The van der Waals surface area contributed by atoms with Crippen molar-refractivity contribution in [3.63, 3.8) is 0 Å². The first kappa shape index (κ1) is 19.6. The van der Waals surface area contributed by atoms with Gasteiger partial charge in [-0.1, -0.05) is 6.07 Å². The molecule has 2 aromatic rings. The van der Waals surface area contributed by atoms with Crippen LogP contribution in [0, 0.1) is 17.0 Å². The number of carbonyl (C=O) groups excluding carboxylic acids is 3. The van der Waals surface area contributed by atoms with Crippen molar-refractivity contribution in [3.05, 3.63) is 68.8 Å². The Labute approximate surface area is 154 Å². The summed E-state index contributed by atoms with van der Waals surface area (Å²) < 4.78 is 9.30. The lowest BCUT2D eigenvalue weighted by Gasteiger charge is -2.12. The molecule has 2 aromatic carbocycles. The van der Waals surface area contributed by atoms with E-state index in [-0.39, 0.29) is 33.6 Å². The molecule has 0 atom stereocenters. The maximum absolute atomic E-state index is 12.6. The van der Waals surface area contributed by atoms with Crippen molar-refractivity contribution >= 4 is 29.2 Å². The summed E-state index contributed by atoms with van der Waals surface area (Å²) in [7, 11) is 2.37. The Morgan fingerprint density at radius 3 is 2.26 bits per heavy atom. The first-order valence-corrected chi connectivity index (χ1v) is 7.66. The minimum Gasteiger partial charge on any atom is -0.465 e. The van der Waals surface area contributed by atoms with Crippen molar-refractivity contribution in [1.29, 1.82) is 0 Å². The lowest BCUT2D eigenvalue weighted by atomic mass is 10.0. The monoisotopic (exact) mass is 372 g/mol. The van der Waals surface area contributed by atoms with Crippen LogP contribution in [0.2, 0.25) is 0 Å². The van der Waals surface area contributed by atoms with E-state index in [1.54, 1.807) is 0 Å². The number of anilines is 1. The number of nitro benzene ring substituents is 1. The second-order valence-corrected chi connectivity index (χ2v) is 5.40. The van der Waals surface area contributed by atoms with Crippen LogP contribution in [0.4, 0.5) is 11.4 Å². The zero-order chi connectivity index (χ0) is 20.1. The molecule has 0 saturated heterocycles. The van der Waals surface area contributed by atoms with Gasteiger partial charge in [0, 0.05) is 17.2 Å². The molecule has 27 heavy (non-hydrogen) atoms. The highest BCUT2D eigenvalue weighted by Crippen LogP contribution is 2.24. The van der Waals surface area contributed by atoms with Gasteiger partial charge in [-0.15, -0.1) is 0 Å². The van der Waals surface area contributed by atoms with Gasteiger partial charge in [-0.2, -0.15) is 0 Å². The fourth-order valence-corrected chi connectivity index (χ4v) is 2.44. The van der Waals surface area contributed by atoms with Crippen molar-refractivity contribution in [2.24, 2.45) is 0 Å². The third kappa shape index (κ3) is 4.09. The number of hydrogen-bond donors (Lipinski definition) is 1. The van der Waals surface area contributed by atoms with Gasteiger partial charge in [0.1, 0.15) is 0 Å². The van der Waals surface area contributed by atoms with Crippen molar-refractivity contribution in [3.8, 4) is 0 Å². The van der Waals surface area contributed by atoms with E-state index < -0.39 is 22.8 Å². The van der Waals surface area contributed by atoms with Crippen LogP contribution in [0.25, 0.3) is 0 Å². The zero-order valence-corrected chi connectivity index (χ0v) is 14.8. The first-order chi connectivity index (χ1) is 12.8. The molecule has 0 aromatic heterocycles. The number of esters is 2. The summed E-state index contributed by atoms with van der Waals surface area (Å²) in [6, 6.07) is 8.01. The molecule has 0 aliphatic carbocycles. The molecular weight excluding hydrogens is 356 g/mol. The number of ether oxygens (including phenoxy) is 2. The average molecular weight is 372 g/mol. The number of benzene rings is 2. The summed E-state index contributed by atoms with van der Waals surface area (Å²) >= 11 is 0. The Balaban J connectivity index is 2.47. The maximum atomic E-state index is 12.6. The molecule has 0 spiro atoms. The van der Waals surface area contributed by atoms with Crippen molar-refractivity contribution in [1.82, 2.24) is 0 Å². The van der Waals surface area contributed by atoms with Crippen molar-refractivity contribution in [2.75, 3.05) is 19.5 Å². The third-order valence-corrected chi connectivity index (χ3v) is 3.84. The van der Waals surface area contributed by atoms with Crippen molar-refractivity contribution in [2.45, 2.75) is 6.92 Å². The summed E-state index contributed by atoms with van der Waals surface area (Å²) in [6.07, 6.45) is 0. The van der Waals surface area contributed by atoms with Gasteiger partial charge >= 0.3 is 11.9 Å². The van der Waals surface area contributed by atoms with Crippen LogP contribution < -0.4 is 5.32 Å². The molecule has 1 amide bonds. The molecule has 1 N–H and O–H groups in total. The van der Waals surface area contributed by atoms with Crippen LogP contribution in [0.3, 0.4) is 0 Å². The number of nitrogens with one attached hydrogen (secondary N) is 1. The first-order valence-electron chi connectivity index (χ1n) is 7.66. The van der Waals surface area contributed by atoms with Gasteiger partial charge in [0.05, 0.1) is 36.0 Å². The topological polar surface area (TPSA) is 125 Å². The van der Waals surface area contributed by atoms with Crippen LogP contribution >= 0.6 is 0 Å². The molecule has 0 heterocycles. The highest BCUT2D eigenvalue weighted by atomic mass is 16.6. The van der Waals surface area contributed by atoms with Gasteiger partial charge in [0.15, 0.2) is 0 Å². The van der Waals surface area contributed by atoms with E-state index in [0.29, 0.717) is 0 Å². The fraction of sp³-hybridized carbons (Fsp3) is 0.167. The minimum absolute atomic E-state index is 0.0145. The summed E-state index contributed by atoms with van der Waals surface area (Å²) in [5.41, 5.74) is 0.157. The second kappa shape index (κ2) is 8.09. The summed E-state index contributed by atoms with van der Waals surface area (Å²) in [6.45, 7) is 1.44. The molecular formula is C18H16N2O7. The Hall–Kier alpha value is -3.75. The average Bonchev–Trinajstić information content (AvgIpc) is 2.66. The van der Waals surface area contributed by atoms with Crippen LogP contribution in [-0.2, 0) is 9.47 Å². The predicted octanol–water partition coefficient (Wildman–Crippen LogP) is 2.73. The molecule has 0 bridgehead atoms. The molecule has 9 nitrogen and oxygen atoms in total. The van der Waals surface area contributed by atoms with Crippen LogP contribution in [-0.4, -0.2) is 37.0 Å². The SMILES string of the molecule is COC(=O)c1ccc(C(=O)OC)c(NC(=O)c2cccc([N+](=O)[O-])c2C)c1. The van der Waals surface area contributed by atoms with E-state index in [2.05, 4.69) is 14.8 Å². The fourth-order valence-electron chi connectivity index (χ4n) is 2.44. The maximum Gasteiger partial charge on any atom is 0.339 e. The summed E-state index contributed by atoms with van der Waals surface area (Å²) in [5.74, 6) is -2.06. The number of hydrogen-bond acceptors (Lipinski definition) is 7. The van der Waals surface area contributed by atoms with E-state index in [9.17, 15) is 24.5 Å². The Kier molecular flexibility index (Phi) is 5.86. The number of carbonyl (C=O) groups is 3. The van der Waals surface area contributed by atoms with Gasteiger partial charge in [0.2, 0.25) is 0 Å². The molecule has 0 radical (unpaired) electrons. The second-order valence-electron chi connectivity index (χ2n) is 5.40. The van der Waals surface area contributed by atoms with Gasteiger partial charge in [0.25, 0.3) is 11.6 Å². The van der Waals surface area contributed by atoms with E-state index in [0.717, 1.165) is 0 Å². The van der Waals surface area contributed by atoms with E-state index in [1.807, 2.05) is 0 Å². The van der Waals surface area contributed by atoms with Crippen LogP contribution in [0.1, 0.15) is 36.6 Å². The number of amides is 1. The molecule has 0 aliphatic heterocycles. The van der Waals surface area contributed by atoms with Crippen molar-refractivity contribution < 1.29 is 28.8 Å². The van der Waals surface area contributed by atoms with Gasteiger partial charge < -0.3 is 14.8 Å². The Morgan fingerprint density at radius 1 is 1.00 bits per heavy atom. The highest BCUT2D eigenvalue weighted by Gasteiger charge is 2.21. The standard InChI is InChI=1S/C18H16N2O7/c1-10-12(5-4-6-15(10)20(24)25)16(21)19-14-9-11(17(22)26-2)7-8-13(14)18(23)27-3/h4-9H,1-3H3,(H,19,21). The third-order valence-electron chi connectivity index (χ3n) is 3.84. The van der Waals surface area contributed by atoms with E-state index in [4.69, 9.17) is 0 Å². The van der Waals surface area contributed by atoms with Crippen LogP contribution in [0.15, 0.2) is 36.4 Å². The smallest absolute Gasteiger partial charge is 0.339 e. The molecule has 0 unspecified atom stereocenters. The van der Waals surface area contributed by atoms with Crippen LogP contribution in [0.5, 0.6) is 0 Å². The minimum atomic E-state index is -0.725. The number of nitrogens with zero attached hydrogens (tertiary/aromatic N) is 1. The van der Waals surface area contributed by atoms with Gasteiger partial charge in [-0.25, -0.2) is 9.59 Å². The largest absolute Gasteiger partial charge is 0.465 e. The van der Waals surface area contributed by atoms with Gasteiger partial charge in [-0.3, -0.25) is 14.9 Å².